The molecule has 1 unspecified atom stereocenters. The van der Waals surface area contributed by atoms with Gasteiger partial charge in [0.1, 0.15) is 0 Å². The van der Waals surface area contributed by atoms with Crippen molar-refractivity contribution >= 4 is 11.1 Å². The number of nitrogens with zero attached hydrogens (tertiary/aromatic N) is 2. The fraction of sp³-hybridized carbons (Fsp3) is 0.118. The number of hydrogen-bond acceptors (Lipinski definition) is 2. The summed E-state index contributed by atoms with van der Waals surface area (Å²) in [6.07, 6.45) is -4.57. The van der Waals surface area contributed by atoms with Crippen LogP contribution in [0.4, 0.5) is 13.2 Å². The summed E-state index contributed by atoms with van der Waals surface area (Å²) in [5.41, 5.74) is 1.09. The van der Waals surface area contributed by atoms with Crippen LogP contribution in [-0.4, -0.2) is 18.5 Å². The minimum atomic E-state index is -4.57. The lowest BCUT2D eigenvalue weighted by Crippen LogP contribution is -2.07. The standard InChI is InChI=1S/C17H13F3N2O2S/c1-11-3-2-4-13(9-11)22-15(10-16(21-22)17(18,19)20)12-5-7-14(8-6-12)25(23)24/h2-10H,1H3,(H,23,24). The first-order chi connectivity index (χ1) is 11.8. The maximum absolute atomic E-state index is 13.1. The van der Waals surface area contributed by atoms with E-state index in [4.69, 9.17) is 4.55 Å². The molecule has 0 aliphatic rings. The topological polar surface area (TPSA) is 55.1 Å². The van der Waals surface area contributed by atoms with Crippen LogP contribution in [0.25, 0.3) is 16.9 Å². The molecule has 0 aliphatic carbocycles. The Morgan fingerprint density at radius 1 is 1.08 bits per heavy atom. The van der Waals surface area contributed by atoms with Crippen LogP contribution in [0.1, 0.15) is 11.3 Å². The second kappa shape index (κ2) is 6.45. The molecule has 0 spiro atoms. The molecule has 1 atom stereocenters. The molecule has 0 fully saturated rings. The predicted octanol–water partition coefficient (Wildman–Crippen LogP) is 4.45. The van der Waals surface area contributed by atoms with Crippen molar-refractivity contribution < 1.29 is 21.9 Å². The van der Waals surface area contributed by atoms with E-state index < -0.39 is 23.0 Å². The third kappa shape index (κ3) is 3.64. The number of aromatic nitrogens is 2. The van der Waals surface area contributed by atoms with Crippen molar-refractivity contribution in [3.63, 3.8) is 0 Å². The predicted molar refractivity (Wildman–Crippen MR) is 87.8 cm³/mol. The van der Waals surface area contributed by atoms with E-state index in [1.165, 1.54) is 28.9 Å². The quantitative estimate of drug-likeness (QED) is 0.697. The molecule has 0 radical (unpaired) electrons. The highest BCUT2D eigenvalue weighted by molar-refractivity contribution is 7.79. The molecule has 0 saturated heterocycles. The van der Waals surface area contributed by atoms with Gasteiger partial charge < -0.3 is 4.55 Å². The van der Waals surface area contributed by atoms with Gasteiger partial charge in [-0.1, -0.05) is 24.3 Å². The van der Waals surface area contributed by atoms with Crippen molar-refractivity contribution in [2.24, 2.45) is 0 Å². The molecule has 0 aliphatic heterocycles. The Hall–Kier alpha value is -2.45. The average Bonchev–Trinajstić information content (AvgIpc) is 3.00. The van der Waals surface area contributed by atoms with Gasteiger partial charge in [0.2, 0.25) is 0 Å². The second-order valence-electron chi connectivity index (χ2n) is 5.44. The Morgan fingerprint density at radius 3 is 2.32 bits per heavy atom. The van der Waals surface area contributed by atoms with Gasteiger partial charge in [-0.05, 0) is 42.8 Å². The highest BCUT2D eigenvalue weighted by atomic mass is 32.2. The molecular weight excluding hydrogens is 353 g/mol. The van der Waals surface area contributed by atoms with Gasteiger partial charge in [0.05, 0.1) is 16.3 Å². The molecule has 0 bridgehead atoms. The minimum Gasteiger partial charge on any atom is -0.302 e. The van der Waals surface area contributed by atoms with E-state index in [0.29, 0.717) is 11.3 Å². The summed E-state index contributed by atoms with van der Waals surface area (Å²) >= 11 is -2.15. The highest BCUT2D eigenvalue weighted by Crippen LogP contribution is 2.33. The van der Waals surface area contributed by atoms with Gasteiger partial charge >= 0.3 is 6.18 Å². The lowest BCUT2D eigenvalue weighted by Gasteiger charge is -2.09. The van der Waals surface area contributed by atoms with E-state index >= 15 is 0 Å². The zero-order valence-electron chi connectivity index (χ0n) is 13.0. The molecule has 1 heterocycles. The van der Waals surface area contributed by atoms with Crippen molar-refractivity contribution in [1.29, 1.82) is 0 Å². The lowest BCUT2D eigenvalue weighted by atomic mass is 10.1. The third-order valence-corrected chi connectivity index (χ3v) is 4.27. The Morgan fingerprint density at radius 2 is 1.76 bits per heavy atom. The maximum atomic E-state index is 13.1. The van der Waals surface area contributed by atoms with Crippen molar-refractivity contribution in [1.82, 2.24) is 9.78 Å². The Balaban J connectivity index is 2.17. The van der Waals surface area contributed by atoms with E-state index in [2.05, 4.69) is 5.10 Å². The Bertz CT molecular complexity index is 934. The molecule has 0 amide bonds. The molecular formula is C17H13F3N2O2S. The van der Waals surface area contributed by atoms with Crippen molar-refractivity contribution in [2.75, 3.05) is 0 Å². The lowest BCUT2D eigenvalue weighted by molar-refractivity contribution is -0.141. The molecule has 1 aromatic heterocycles. The van der Waals surface area contributed by atoms with E-state index in [1.54, 1.807) is 18.2 Å². The first kappa shape index (κ1) is 17.4. The fourth-order valence-electron chi connectivity index (χ4n) is 2.42. The zero-order chi connectivity index (χ0) is 18.2. The summed E-state index contributed by atoms with van der Waals surface area (Å²) in [4.78, 5) is 0.168. The monoisotopic (exact) mass is 366 g/mol. The first-order valence-electron chi connectivity index (χ1n) is 7.21. The van der Waals surface area contributed by atoms with Gasteiger partial charge in [0, 0.05) is 5.56 Å². The normalized spacial score (nSPS) is 13.0. The maximum Gasteiger partial charge on any atom is 0.435 e. The van der Waals surface area contributed by atoms with Gasteiger partial charge in [-0.25, -0.2) is 8.89 Å². The summed E-state index contributed by atoms with van der Waals surface area (Å²) in [5.74, 6) is 0. The van der Waals surface area contributed by atoms with Crippen LogP contribution in [-0.2, 0) is 17.3 Å². The molecule has 4 nitrogen and oxygen atoms in total. The molecule has 8 heteroatoms. The van der Waals surface area contributed by atoms with E-state index in [9.17, 15) is 17.4 Å². The Labute approximate surface area is 144 Å². The van der Waals surface area contributed by atoms with Crippen molar-refractivity contribution in [3.8, 4) is 16.9 Å². The number of halogens is 3. The van der Waals surface area contributed by atoms with Crippen molar-refractivity contribution in [3.05, 3.63) is 65.9 Å². The number of benzene rings is 2. The summed E-state index contributed by atoms with van der Waals surface area (Å²) in [6, 6.07) is 13.7. The molecule has 0 saturated carbocycles. The number of alkyl halides is 3. The summed E-state index contributed by atoms with van der Waals surface area (Å²) in [7, 11) is 0. The van der Waals surface area contributed by atoms with Gasteiger partial charge in [-0.3, -0.25) is 0 Å². The van der Waals surface area contributed by atoms with Crippen LogP contribution in [0, 0.1) is 6.92 Å². The molecule has 3 rings (SSSR count). The third-order valence-electron chi connectivity index (χ3n) is 3.60. The summed E-state index contributed by atoms with van der Waals surface area (Å²) < 4.78 is 60.7. The smallest absolute Gasteiger partial charge is 0.302 e. The average molecular weight is 366 g/mol. The van der Waals surface area contributed by atoms with Gasteiger partial charge in [-0.15, -0.1) is 0 Å². The van der Waals surface area contributed by atoms with Gasteiger partial charge in [0.15, 0.2) is 16.8 Å². The number of aryl methyl sites for hydroxylation is 1. The highest BCUT2D eigenvalue weighted by Gasteiger charge is 2.35. The summed E-state index contributed by atoms with van der Waals surface area (Å²) in [6.45, 7) is 1.84. The largest absolute Gasteiger partial charge is 0.435 e. The Kier molecular flexibility index (Phi) is 4.49. The van der Waals surface area contributed by atoms with Crippen molar-refractivity contribution in [2.45, 2.75) is 18.0 Å². The first-order valence-corrected chi connectivity index (χ1v) is 8.32. The fourth-order valence-corrected chi connectivity index (χ4v) is 2.79. The van der Waals surface area contributed by atoms with E-state index in [0.717, 1.165) is 11.6 Å². The van der Waals surface area contributed by atoms with Crippen LogP contribution < -0.4 is 0 Å². The van der Waals surface area contributed by atoms with Gasteiger partial charge in [-0.2, -0.15) is 18.3 Å². The molecule has 1 N–H and O–H groups in total. The number of hydrogen-bond donors (Lipinski definition) is 1. The second-order valence-corrected chi connectivity index (χ2v) is 6.41. The zero-order valence-corrected chi connectivity index (χ0v) is 13.8. The SMILES string of the molecule is Cc1cccc(-n2nc(C(F)(F)F)cc2-c2ccc(S(=O)O)cc2)c1. The van der Waals surface area contributed by atoms with Crippen LogP contribution in [0.3, 0.4) is 0 Å². The van der Waals surface area contributed by atoms with E-state index in [1.807, 2.05) is 13.0 Å². The molecule has 130 valence electrons. The van der Waals surface area contributed by atoms with E-state index in [-0.39, 0.29) is 10.6 Å². The molecule has 2 aromatic carbocycles. The van der Waals surface area contributed by atoms with Crippen LogP contribution >= 0.6 is 0 Å². The van der Waals surface area contributed by atoms with Crippen LogP contribution in [0.5, 0.6) is 0 Å². The molecule has 3 aromatic rings. The minimum absolute atomic E-state index is 0.168. The van der Waals surface area contributed by atoms with Gasteiger partial charge in [0.25, 0.3) is 0 Å². The van der Waals surface area contributed by atoms with Crippen LogP contribution in [0.2, 0.25) is 0 Å². The molecule has 25 heavy (non-hydrogen) atoms. The summed E-state index contributed by atoms with van der Waals surface area (Å²) in [5, 5.41) is 3.71. The number of rotatable bonds is 3. The van der Waals surface area contributed by atoms with Crippen LogP contribution in [0.15, 0.2) is 59.5 Å².